The first-order valence-electron chi connectivity index (χ1n) is 13.0. The smallest absolute Gasteiger partial charge is 0.393 e. The molecule has 222 valence electrons. The number of alkyl halides is 6. The van der Waals surface area contributed by atoms with E-state index in [1.165, 1.54) is 6.92 Å². The Morgan fingerprint density at radius 1 is 0.950 bits per heavy atom. The molecule has 3 atom stereocenters. The fourth-order valence-electron chi connectivity index (χ4n) is 5.26. The average molecular weight is 595 g/mol. The lowest BCUT2D eigenvalue weighted by atomic mass is 9.87. The average Bonchev–Trinajstić information content (AvgIpc) is 2.89. The Morgan fingerprint density at radius 2 is 1.52 bits per heavy atom. The van der Waals surface area contributed by atoms with Crippen molar-refractivity contribution in [3.8, 4) is 0 Å². The summed E-state index contributed by atoms with van der Waals surface area (Å²) >= 11 is 0. The standard InChI is InChI=1S/C28H32F6N2O3.ClH/c1-18(20-13-21(27(29,30)31)15-22(14-20)28(32,33)34)39-25-9-12-36(16-24(25)19-5-3-2-4-6-19)26(38)17-35-10-7-23(37)8-11-35;/h2-6,13-15,18,23-25,37H,7-12,16-17H2,1H3;1H/t18-,24+,25+;/m1./s1. The minimum absolute atomic E-state index is 0. The number of nitrogens with zero attached hydrogens (tertiary/aromatic N) is 2. The van der Waals surface area contributed by atoms with E-state index in [4.69, 9.17) is 4.74 Å². The molecular formula is C28H33ClF6N2O3. The zero-order valence-electron chi connectivity index (χ0n) is 21.9. The third kappa shape index (κ3) is 8.11. The van der Waals surface area contributed by atoms with Gasteiger partial charge in [-0.2, -0.15) is 26.3 Å². The maximum absolute atomic E-state index is 13.4. The Hall–Kier alpha value is -2.34. The van der Waals surface area contributed by atoms with Gasteiger partial charge in [0.05, 0.1) is 36.0 Å². The number of amides is 1. The number of rotatable bonds is 6. The molecule has 2 fully saturated rings. The van der Waals surface area contributed by atoms with E-state index in [0.717, 1.165) is 5.56 Å². The van der Waals surface area contributed by atoms with E-state index in [2.05, 4.69) is 0 Å². The van der Waals surface area contributed by atoms with Crippen molar-refractivity contribution in [1.29, 1.82) is 0 Å². The molecule has 0 radical (unpaired) electrons. The van der Waals surface area contributed by atoms with Crippen molar-refractivity contribution < 1.29 is 41.0 Å². The van der Waals surface area contributed by atoms with Gasteiger partial charge in [0.25, 0.3) is 0 Å². The van der Waals surface area contributed by atoms with Crippen LogP contribution in [-0.2, 0) is 21.9 Å². The molecular weight excluding hydrogens is 562 g/mol. The van der Waals surface area contributed by atoms with Crippen molar-refractivity contribution >= 4 is 18.3 Å². The summed E-state index contributed by atoms with van der Waals surface area (Å²) in [5.74, 6) is -0.381. The number of aliphatic hydroxyl groups is 1. The Morgan fingerprint density at radius 3 is 2.08 bits per heavy atom. The van der Waals surface area contributed by atoms with Crippen molar-refractivity contribution in [2.24, 2.45) is 0 Å². The van der Waals surface area contributed by atoms with Crippen LogP contribution < -0.4 is 0 Å². The zero-order valence-corrected chi connectivity index (χ0v) is 22.7. The summed E-state index contributed by atoms with van der Waals surface area (Å²) in [6.07, 6.45) is -10.2. The molecule has 1 N–H and O–H groups in total. The third-order valence-electron chi connectivity index (χ3n) is 7.50. The second-order valence-corrected chi connectivity index (χ2v) is 10.3. The van der Waals surface area contributed by atoms with Crippen LogP contribution in [0, 0.1) is 0 Å². The first-order chi connectivity index (χ1) is 18.3. The molecule has 12 heteroatoms. The summed E-state index contributed by atoms with van der Waals surface area (Å²) in [4.78, 5) is 16.8. The number of piperidine rings is 2. The molecule has 2 aliphatic rings. The number of ether oxygens (including phenoxy) is 1. The predicted octanol–water partition coefficient (Wildman–Crippen LogP) is 6.07. The molecule has 0 spiro atoms. The Kier molecular flexibility index (Phi) is 10.5. The number of hydrogen-bond acceptors (Lipinski definition) is 4. The van der Waals surface area contributed by atoms with Gasteiger partial charge in [0.2, 0.25) is 5.91 Å². The van der Waals surface area contributed by atoms with Crippen LogP contribution in [0.15, 0.2) is 48.5 Å². The van der Waals surface area contributed by atoms with E-state index in [1.807, 2.05) is 35.2 Å². The molecule has 0 aliphatic carbocycles. The first-order valence-corrected chi connectivity index (χ1v) is 13.0. The molecule has 4 rings (SSSR count). The van der Waals surface area contributed by atoms with Gasteiger partial charge in [-0.1, -0.05) is 30.3 Å². The minimum Gasteiger partial charge on any atom is -0.393 e. The summed E-state index contributed by atoms with van der Waals surface area (Å²) in [5.41, 5.74) is -2.11. The first kappa shape index (κ1) is 32.2. The van der Waals surface area contributed by atoms with Gasteiger partial charge in [-0.05, 0) is 55.5 Å². The highest BCUT2D eigenvalue weighted by atomic mass is 35.5. The quantitative estimate of drug-likeness (QED) is 0.413. The van der Waals surface area contributed by atoms with Gasteiger partial charge < -0.3 is 14.7 Å². The van der Waals surface area contributed by atoms with E-state index in [1.54, 1.807) is 4.90 Å². The van der Waals surface area contributed by atoms with Gasteiger partial charge in [0.15, 0.2) is 0 Å². The van der Waals surface area contributed by atoms with E-state index in [-0.39, 0.29) is 48.5 Å². The highest BCUT2D eigenvalue weighted by Crippen LogP contribution is 2.39. The van der Waals surface area contributed by atoms with Crippen molar-refractivity contribution in [3.63, 3.8) is 0 Å². The topological polar surface area (TPSA) is 53.0 Å². The van der Waals surface area contributed by atoms with Crippen LogP contribution in [0.5, 0.6) is 0 Å². The van der Waals surface area contributed by atoms with Crippen LogP contribution in [-0.4, -0.2) is 65.7 Å². The van der Waals surface area contributed by atoms with E-state index in [0.29, 0.717) is 57.6 Å². The van der Waals surface area contributed by atoms with E-state index in [9.17, 15) is 36.2 Å². The fourth-order valence-corrected chi connectivity index (χ4v) is 5.26. The van der Waals surface area contributed by atoms with Crippen molar-refractivity contribution in [2.45, 2.75) is 62.8 Å². The molecule has 5 nitrogen and oxygen atoms in total. The molecule has 2 aromatic rings. The summed E-state index contributed by atoms with van der Waals surface area (Å²) in [6, 6.07) is 10.7. The Labute approximate surface area is 235 Å². The molecule has 0 aromatic heterocycles. The predicted molar refractivity (Wildman–Crippen MR) is 139 cm³/mol. The van der Waals surface area contributed by atoms with Crippen molar-refractivity contribution in [2.75, 3.05) is 32.7 Å². The van der Waals surface area contributed by atoms with Gasteiger partial charge >= 0.3 is 12.4 Å². The Balaban J connectivity index is 0.00000441. The minimum atomic E-state index is -4.94. The number of likely N-dealkylation sites (tertiary alicyclic amines) is 2. The van der Waals surface area contributed by atoms with Crippen molar-refractivity contribution in [3.05, 3.63) is 70.8 Å². The largest absolute Gasteiger partial charge is 0.416 e. The lowest BCUT2D eigenvalue weighted by Crippen LogP contribution is -2.50. The zero-order chi connectivity index (χ0) is 28.4. The number of carbonyl (C=O) groups excluding carboxylic acids is 1. The fraction of sp³-hybridized carbons (Fsp3) is 0.536. The van der Waals surface area contributed by atoms with Gasteiger partial charge in [-0.25, -0.2) is 0 Å². The van der Waals surface area contributed by atoms with Gasteiger partial charge in [-0.3, -0.25) is 9.69 Å². The number of carbonyl (C=O) groups is 1. The van der Waals surface area contributed by atoms with Crippen LogP contribution >= 0.6 is 12.4 Å². The lowest BCUT2D eigenvalue weighted by molar-refractivity contribution is -0.143. The summed E-state index contributed by atoms with van der Waals surface area (Å²) in [5, 5.41) is 9.72. The van der Waals surface area contributed by atoms with E-state index < -0.39 is 35.7 Å². The highest BCUT2D eigenvalue weighted by Gasteiger charge is 2.39. The van der Waals surface area contributed by atoms with Crippen LogP contribution in [0.1, 0.15) is 60.5 Å². The number of hydrogen-bond donors (Lipinski definition) is 1. The molecule has 0 unspecified atom stereocenters. The van der Waals surface area contributed by atoms with Gasteiger partial charge in [-0.15, -0.1) is 12.4 Å². The molecule has 2 aromatic carbocycles. The summed E-state index contributed by atoms with van der Waals surface area (Å²) in [7, 11) is 0. The molecule has 0 saturated carbocycles. The SMILES string of the molecule is C[C@@H](O[C@H]1CCN(C(=O)CN2CCC(O)CC2)C[C@H]1c1ccccc1)c1cc(C(F)(F)F)cc(C(F)(F)F)c1.Cl. The maximum atomic E-state index is 13.4. The molecule has 2 heterocycles. The van der Waals surface area contributed by atoms with Crippen LogP contribution in [0.4, 0.5) is 26.3 Å². The molecule has 0 bridgehead atoms. The molecule has 2 saturated heterocycles. The summed E-state index contributed by atoms with van der Waals surface area (Å²) in [6.45, 7) is 3.59. The maximum Gasteiger partial charge on any atom is 0.416 e. The van der Waals surface area contributed by atoms with E-state index >= 15 is 0 Å². The monoisotopic (exact) mass is 594 g/mol. The second-order valence-electron chi connectivity index (χ2n) is 10.3. The second kappa shape index (κ2) is 13.1. The van der Waals surface area contributed by atoms with Crippen molar-refractivity contribution in [1.82, 2.24) is 9.80 Å². The van der Waals surface area contributed by atoms with Crippen LogP contribution in [0.2, 0.25) is 0 Å². The Bertz CT molecular complexity index is 1090. The van der Waals surface area contributed by atoms with Crippen LogP contribution in [0.3, 0.4) is 0 Å². The normalized spacial score (nSPS) is 22.1. The number of benzene rings is 2. The summed E-state index contributed by atoms with van der Waals surface area (Å²) < 4.78 is 86.5. The van der Waals surface area contributed by atoms with Gasteiger partial charge in [0.1, 0.15) is 0 Å². The number of aliphatic hydroxyl groups excluding tert-OH is 1. The highest BCUT2D eigenvalue weighted by molar-refractivity contribution is 5.85. The van der Waals surface area contributed by atoms with Gasteiger partial charge in [0, 0.05) is 32.1 Å². The number of halogens is 7. The molecule has 2 aliphatic heterocycles. The third-order valence-corrected chi connectivity index (χ3v) is 7.50. The molecule has 1 amide bonds. The molecule has 40 heavy (non-hydrogen) atoms. The van der Waals surface area contributed by atoms with Crippen LogP contribution in [0.25, 0.3) is 0 Å². The lowest BCUT2D eigenvalue weighted by Gasteiger charge is -2.41.